The molecule has 2 heterocycles. The summed E-state index contributed by atoms with van der Waals surface area (Å²) in [6.07, 6.45) is 0. The number of anilines is 1. The van der Waals surface area contributed by atoms with Crippen molar-refractivity contribution in [2.24, 2.45) is 0 Å². The highest BCUT2D eigenvalue weighted by atomic mass is 16.1. The molecule has 0 saturated heterocycles. The summed E-state index contributed by atoms with van der Waals surface area (Å²) in [7, 11) is 0. The number of aryl methyl sites for hydroxylation is 1. The second-order valence-electron chi connectivity index (χ2n) is 4.43. The molecule has 0 saturated carbocycles. The zero-order chi connectivity index (χ0) is 12.8. The van der Waals surface area contributed by atoms with Crippen molar-refractivity contribution in [1.29, 1.82) is 0 Å². The molecule has 1 aromatic heterocycles. The molecular weight excluding hydrogens is 230 g/mol. The quantitative estimate of drug-likeness (QED) is 0.767. The van der Waals surface area contributed by atoms with Gasteiger partial charge in [-0.2, -0.15) is 10.1 Å². The van der Waals surface area contributed by atoms with Crippen LogP contribution in [0.5, 0.6) is 0 Å². The van der Waals surface area contributed by atoms with Crippen LogP contribution in [0.15, 0.2) is 35.1 Å². The second-order valence-corrected chi connectivity index (χ2v) is 4.43. The maximum atomic E-state index is 11.5. The average molecular weight is 243 g/mol. The molecule has 6 heteroatoms. The number of nitrogens with one attached hydrogen (secondary N) is 2. The molecule has 0 fully saturated rings. The molecule has 0 amide bonds. The zero-order valence-electron chi connectivity index (χ0n) is 10.1. The first kappa shape index (κ1) is 10.9. The molecule has 2 aromatic rings. The number of hydrazine groups is 1. The number of rotatable bonds is 1. The molecule has 1 aromatic carbocycles. The molecule has 1 aliphatic rings. The summed E-state index contributed by atoms with van der Waals surface area (Å²) in [6.45, 7) is 3.64. The van der Waals surface area contributed by atoms with E-state index < -0.39 is 5.66 Å². The zero-order valence-corrected chi connectivity index (χ0v) is 10.1. The van der Waals surface area contributed by atoms with Crippen LogP contribution in [0.1, 0.15) is 18.2 Å². The molecule has 0 aliphatic carbocycles. The molecule has 18 heavy (non-hydrogen) atoms. The molecule has 1 atom stereocenters. The molecule has 3 rings (SSSR count). The van der Waals surface area contributed by atoms with Crippen molar-refractivity contribution < 1.29 is 0 Å². The van der Waals surface area contributed by atoms with Gasteiger partial charge in [-0.15, -0.1) is 0 Å². The van der Waals surface area contributed by atoms with Crippen molar-refractivity contribution in [2.75, 3.05) is 5.43 Å². The molecule has 2 N–H and O–H groups in total. The van der Waals surface area contributed by atoms with E-state index >= 15 is 0 Å². The van der Waals surface area contributed by atoms with E-state index in [2.05, 4.69) is 20.9 Å². The van der Waals surface area contributed by atoms with Crippen molar-refractivity contribution in [3.8, 4) is 0 Å². The third-order valence-electron chi connectivity index (χ3n) is 3.14. The van der Waals surface area contributed by atoms with E-state index in [1.165, 1.54) is 0 Å². The largest absolute Gasteiger partial charge is 0.296 e. The van der Waals surface area contributed by atoms with Gasteiger partial charge in [-0.25, -0.2) is 10.1 Å². The van der Waals surface area contributed by atoms with E-state index in [9.17, 15) is 4.79 Å². The van der Waals surface area contributed by atoms with Gasteiger partial charge in [-0.05, 0) is 19.4 Å². The van der Waals surface area contributed by atoms with E-state index in [1.54, 1.807) is 11.6 Å². The SMILES string of the molecule is Cc1nn2c(nc1=O)NN[C@@]2(C)c1ccccc1. The van der Waals surface area contributed by atoms with Crippen LogP contribution in [0.3, 0.4) is 0 Å². The first-order valence-electron chi connectivity index (χ1n) is 5.68. The van der Waals surface area contributed by atoms with E-state index in [0.29, 0.717) is 11.6 Å². The summed E-state index contributed by atoms with van der Waals surface area (Å²) in [4.78, 5) is 15.4. The molecule has 0 unspecified atom stereocenters. The van der Waals surface area contributed by atoms with Crippen LogP contribution in [-0.4, -0.2) is 14.8 Å². The van der Waals surface area contributed by atoms with Gasteiger partial charge in [-0.3, -0.25) is 10.2 Å². The Labute approximate surface area is 104 Å². The highest BCUT2D eigenvalue weighted by molar-refractivity contribution is 5.36. The van der Waals surface area contributed by atoms with Gasteiger partial charge in [0, 0.05) is 0 Å². The predicted molar refractivity (Wildman–Crippen MR) is 67.0 cm³/mol. The Morgan fingerprint density at radius 3 is 2.72 bits per heavy atom. The Kier molecular flexibility index (Phi) is 2.21. The van der Waals surface area contributed by atoms with E-state index in [4.69, 9.17) is 0 Å². The Morgan fingerprint density at radius 1 is 1.28 bits per heavy atom. The monoisotopic (exact) mass is 243 g/mol. The van der Waals surface area contributed by atoms with Gasteiger partial charge in [0.05, 0.1) is 0 Å². The van der Waals surface area contributed by atoms with Crippen LogP contribution < -0.4 is 16.4 Å². The standard InChI is InChI=1S/C12H13N5O/c1-8-10(18)13-11-14-16-12(2,17(11)15-8)9-6-4-3-5-7-9/h3-7,16H,1-2H3,(H,13,14,18)/t12-/m1/s1. The molecule has 92 valence electrons. The van der Waals surface area contributed by atoms with Gasteiger partial charge in [0.1, 0.15) is 5.69 Å². The smallest absolute Gasteiger partial charge is 0.287 e. The average Bonchev–Trinajstić information content (AvgIpc) is 2.70. The number of hydrogen-bond donors (Lipinski definition) is 2. The summed E-state index contributed by atoms with van der Waals surface area (Å²) in [6, 6.07) is 9.88. The summed E-state index contributed by atoms with van der Waals surface area (Å²) < 4.78 is 1.69. The van der Waals surface area contributed by atoms with E-state index in [0.717, 1.165) is 5.56 Å². The van der Waals surface area contributed by atoms with Crippen molar-refractivity contribution in [3.63, 3.8) is 0 Å². The Hall–Kier alpha value is -2.21. The number of aromatic nitrogens is 3. The fourth-order valence-corrected chi connectivity index (χ4v) is 2.04. The number of fused-ring (bicyclic) bond motifs is 1. The lowest BCUT2D eigenvalue weighted by Gasteiger charge is -2.25. The molecule has 6 nitrogen and oxygen atoms in total. The summed E-state index contributed by atoms with van der Waals surface area (Å²) in [5, 5.41) is 4.30. The summed E-state index contributed by atoms with van der Waals surface area (Å²) in [5.41, 5.74) is 6.57. The van der Waals surface area contributed by atoms with Gasteiger partial charge in [-0.1, -0.05) is 30.3 Å². The van der Waals surface area contributed by atoms with Gasteiger partial charge >= 0.3 is 0 Å². The first-order chi connectivity index (χ1) is 8.61. The minimum atomic E-state index is -0.554. The van der Waals surface area contributed by atoms with Gasteiger partial charge in [0.2, 0.25) is 5.95 Å². The Balaban J connectivity index is 2.20. The highest BCUT2D eigenvalue weighted by Crippen LogP contribution is 2.28. The number of nitrogens with zero attached hydrogens (tertiary/aromatic N) is 3. The normalized spacial score (nSPS) is 21.4. The fraction of sp³-hybridized carbons (Fsp3) is 0.250. The molecule has 0 spiro atoms. The molecule has 0 radical (unpaired) electrons. The van der Waals surface area contributed by atoms with E-state index in [-0.39, 0.29) is 5.56 Å². The lowest BCUT2D eigenvalue weighted by atomic mass is 10.0. The van der Waals surface area contributed by atoms with Crippen LogP contribution in [-0.2, 0) is 5.66 Å². The van der Waals surface area contributed by atoms with Crippen LogP contribution >= 0.6 is 0 Å². The third-order valence-corrected chi connectivity index (χ3v) is 3.14. The number of hydrogen-bond acceptors (Lipinski definition) is 5. The van der Waals surface area contributed by atoms with Crippen LogP contribution in [0.25, 0.3) is 0 Å². The van der Waals surface area contributed by atoms with Crippen molar-refractivity contribution in [1.82, 2.24) is 20.2 Å². The topological polar surface area (TPSA) is 71.8 Å². The van der Waals surface area contributed by atoms with Gasteiger partial charge < -0.3 is 0 Å². The molecule has 1 aliphatic heterocycles. The maximum absolute atomic E-state index is 11.5. The first-order valence-corrected chi connectivity index (χ1v) is 5.68. The maximum Gasteiger partial charge on any atom is 0.296 e. The minimum Gasteiger partial charge on any atom is -0.287 e. The predicted octanol–water partition coefficient (Wildman–Crippen LogP) is 0.598. The van der Waals surface area contributed by atoms with Gasteiger partial charge in [0.15, 0.2) is 5.66 Å². The molecular formula is C12H13N5O. The van der Waals surface area contributed by atoms with Gasteiger partial charge in [0.25, 0.3) is 5.56 Å². The van der Waals surface area contributed by atoms with E-state index in [1.807, 2.05) is 37.3 Å². The third kappa shape index (κ3) is 1.42. The summed E-state index contributed by atoms with van der Waals surface area (Å²) in [5.74, 6) is 0.428. The lowest BCUT2D eigenvalue weighted by molar-refractivity contribution is 0.332. The number of benzene rings is 1. The molecule has 0 bridgehead atoms. The van der Waals surface area contributed by atoms with Crippen molar-refractivity contribution >= 4 is 5.95 Å². The minimum absolute atomic E-state index is 0.312. The van der Waals surface area contributed by atoms with Crippen molar-refractivity contribution in [2.45, 2.75) is 19.5 Å². The fourth-order valence-electron chi connectivity index (χ4n) is 2.04. The highest BCUT2D eigenvalue weighted by Gasteiger charge is 2.37. The Bertz CT molecular complexity index is 651. The second kappa shape index (κ2) is 3.64. The van der Waals surface area contributed by atoms with Crippen LogP contribution in [0.2, 0.25) is 0 Å². The van der Waals surface area contributed by atoms with Crippen LogP contribution in [0.4, 0.5) is 5.95 Å². The van der Waals surface area contributed by atoms with Crippen LogP contribution in [0, 0.1) is 6.92 Å². The Morgan fingerprint density at radius 2 is 2.00 bits per heavy atom. The summed E-state index contributed by atoms with van der Waals surface area (Å²) >= 11 is 0. The van der Waals surface area contributed by atoms with Crippen molar-refractivity contribution in [3.05, 3.63) is 51.9 Å². The lowest BCUT2D eigenvalue weighted by Crippen LogP contribution is -2.42.